The van der Waals surface area contributed by atoms with Crippen LogP contribution in [0.2, 0.25) is 0 Å². The third-order valence-electron chi connectivity index (χ3n) is 4.17. The van der Waals surface area contributed by atoms with Gasteiger partial charge in [0.15, 0.2) is 0 Å². The lowest BCUT2D eigenvalue weighted by Gasteiger charge is -2.27. The zero-order valence-corrected chi connectivity index (χ0v) is 14.3. The molecule has 0 aliphatic carbocycles. The number of amides is 1. The monoisotopic (exact) mass is 350 g/mol. The number of hydrogen-bond acceptors (Lipinski definition) is 5. The van der Waals surface area contributed by atoms with Gasteiger partial charge in [0.05, 0.1) is 25.1 Å². The fourth-order valence-electron chi connectivity index (χ4n) is 3.01. The van der Waals surface area contributed by atoms with Gasteiger partial charge in [-0.1, -0.05) is 6.92 Å². The molecule has 0 saturated carbocycles. The van der Waals surface area contributed by atoms with Crippen LogP contribution < -0.4 is 0 Å². The topological polar surface area (TPSA) is 79.3 Å². The van der Waals surface area contributed by atoms with Crippen molar-refractivity contribution >= 4 is 12.1 Å². The van der Waals surface area contributed by atoms with Crippen LogP contribution in [-0.4, -0.2) is 70.4 Å². The summed E-state index contributed by atoms with van der Waals surface area (Å²) in [5.41, 5.74) is -0.791. The molecule has 1 unspecified atom stereocenters. The summed E-state index contributed by atoms with van der Waals surface area (Å²) in [6.45, 7) is 5.64. The van der Waals surface area contributed by atoms with E-state index in [0.717, 1.165) is 9.96 Å². The lowest BCUT2D eigenvalue weighted by Crippen LogP contribution is -2.47. The maximum atomic E-state index is 14.4. The molecule has 0 bridgehead atoms. The van der Waals surface area contributed by atoms with Gasteiger partial charge in [0.2, 0.25) is 0 Å². The van der Waals surface area contributed by atoms with Gasteiger partial charge in [-0.15, -0.1) is 0 Å². The average Bonchev–Trinajstić information content (AvgIpc) is 2.94. The molecule has 0 aromatic carbocycles. The number of hydrogen-bond donors (Lipinski definition) is 1. The third-order valence-corrected chi connectivity index (χ3v) is 4.17. The molecular weight excluding hydrogens is 326 g/mol. The van der Waals surface area contributed by atoms with Gasteiger partial charge in [0.1, 0.15) is 11.6 Å². The molecule has 0 spiro atoms. The highest BCUT2D eigenvalue weighted by Crippen LogP contribution is 2.41. The van der Waals surface area contributed by atoms with E-state index in [1.165, 1.54) is 0 Å². The first kappa shape index (κ1) is 18.9. The summed E-state index contributed by atoms with van der Waals surface area (Å²) < 4.78 is 34.0. The van der Waals surface area contributed by atoms with E-state index in [1.807, 2.05) is 0 Å². The van der Waals surface area contributed by atoms with Gasteiger partial charge in [-0.3, -0.25) is 14.5 Å². The van der Waals surface area contributed by atoms with Crippen molar-refractivity contribution < 1.29 is 33.1 Å². The molecule has 3 atom stereocenters. The van der Waals surface area contributed by atoms with Crippen LogP contribution in [-0.2, 0) is 14.4 Å². The van der Waals surface area contributed by atoms with Crippen LogP contribution in [0.15, 0.2) is 0 Å². The molecule has 2 fully saturated rings. The van der Waals surface area contributed by atoms with Crippen LogP contribution in [0.3, 0.4) is 0 Å². The quantitative estimate of drug-likeness (QED) is 0.835. The second-order valence-electron chi connectivity index (χ2n) is 7.22. The Balaban J connectivity index is 2.14. The normalized spacial score (nSPS) is 27.8. The van der Waals surface area contributed by atoms with Crippen molar-refractivity contribution in [3.05, 3.63) is 0 Å². The zero-order valence-electron chi connectivity index (χ0n) is 14.3. The van der Waals surface area contributed by atoms with Gasteiger partial charge in [0.25, 0.3) is 5.92 Å². The Morgan fingerprint density at radius 2 is 2.04 bits per heavy atom. The summed E-state index contributed by atoms with van der Waals surface area (Å²) in [5, 5.41) is 10.1. The summed E-state index contributed by atoms with van der Waals surface area (Å²) in [6, 6.07) is -2.22. The van der Waals surface area contributed by atoms with Crippen molar-refractivity contribution in [2.45, 2.75) is 57.7 Å². The summed E-state index contributed by atoms with van der Waals surface area (Å²) in [4.78, 5) is 29.6. The summed E-state index contributed by atoms with van der Waals surface area (Å²) >= 11 is 0. The van der Waals surface area contributed by atoms with Crippen molar-refractivity contribution in [1.29, 1.82) is 0 Å². The number of nitrogens with zero attached hydrogens (tertiary/aromatic N) is 2. The number of ether oxygens (including phenoxy) is 1. The summed E-state index contributed by atoms with van der Waals surface area (Å²) in [5.74, 6) is -5.07. The molecule has 7 nitrogen and oxygen atoms in total. The van der Waals surface area contributed by atoms with Gasteiger partial charge < -0.3 is 9.84 Å². The van der Waals surface area contributed by atoms with E-state index in [2.05, 4.69) is 0 Å². The lowest BCUT2D eigenvalue weighted by molar-refractivity contribution is -0.191. The van der Waals surface area contributed by atoms with Crippen molar-refractivity contribution in [3.63, 3.8) is 0 Å². The minimum atomic E-state index is -3.20. The summed E-state index contributed by atoms with van der Waals surface area (Å²) in [7, 11) is 0. The molecule has 2 rings (SSSR count). The van der Waals surface area contributed by atoms with Crippen LogP contribution in [0.25, 0.3) is 0 Å². The van der Waals surface area contributed by atoms with E-state index < -0.39 is 48.1 Å². The van der Waals surface area contributed by atoms with Crippen LogP contribution in [0.5, 0.6) is 0 Å². The minimum Gasteiger partial charge on any atom is -0.481 e. The van der Waals surface area contributed by atoms with E-state index in [4.69, 9.17) is 14.7 Å². The number of fused-ring (bicyclic) bond motifs is 1. The van der Waals surface area contributed by atoms with Gasteiger partial charge in [0, 0.05) is 6.54 Å². The van der Waals surface area contributed by atoms with Gasteiger partial charge in [-0.05, 0) is 27.2 Å². The number of rotatable bonds is 4. The number of carboxylic acid groups (broad SMARTS) is 1. The van der Waals surface area contributed by atoms with Crippen molar-refractivity contribution in [1.82, 2.24) is 9.96 Å². The Hall–Kier alpha value is -1.48. The first-order valence-corrected chi connectivity index (χ1v) is 7.96. The van der Waals surface area contributed by atoms with E-state index in [9.17, 15) is 18.4 Å². The first-order valence-electron chi connectivity index (χ1n) is 7.96. The first-order chi connectivity index (χ1) is 11.0. The number of hydroxylamine groups is 2. The van der Waals surface area contributed by atoms with E-state index in [-0.39, 0.29) is 13.2 Å². The van der Waals surface area contributed by atoms with Crippen LogP contribution in [0.4, 0.5) is 13.6 Å². The SMILES string of the molecule is CCC(CN1OC[C@H]2[C@@H]1C(F)(F)CN2C(=O)OC(C)(C)C)C(=O)O. The minimum absolute atomic E-state index is 0.102. The van der Waals surface area contributed by atoms with E-state index >= 15 is 0 Å². The molecule has 1 N–H and O–H groups in total. The molecule has 138 valence electrons. The molecule has 2 heterocycles. The standard InChI is InChI=1S/C15H24F2N2O5/c1-5-9(12(20)21)6-19-11-10(7-23-19)18(8-15(11,16)17)13(22)24-14(2,3)4/h9-11H,5-8H2,1-4H3,(H,20,21)/t9?,10-,11+/m0/s1. The predicted molar refractivity (Wildman–Crippen MR) is 79.5 cm³/mol. The highest BCUT2D eigenvalue weighted by Gasteiger charge is 2.62. The molecule has 0 radical (unpaired) electrons. The number of carbonyl (C=O) groups is 2. The largest absolute Gasteiger partial charge is 0.481 e. The number of carboxylic acids is 1. The number of halogens is 2. The molecule has 1 amide bonds. The maximum Gasteiger partial charge on any atom is 0.410 e. The third kappa shape index (κ3) is 3.77. The Morgan fingerprint density at radius 1 is 1.42 bits per heavy atom. The Labute approximate surface area is 139 Å². The fourth-order valence-corrected chi connectivity index (χ4v) is 3.01. The Kier molecular flexibility index (Phi) is 5.06. The van der Waals surface area contributed by atoms with Crippen LogP contribution in [0, 0.1) is 5.92 Å². The lowest BCUT2D eigenvalue weighted by atomic mass is 10.0. The smallest absolute Gasteiger partial charge is 0.410 e. The highest BCUT2D eigenvalue weighted by atomic mass is 19.3. The second-order valence-corrected chi connectivity index (χ2v) is 7.22. The van der Waals surface area contributed by atoms with Gasteiger partial charge in [-0.2, -0.15) is 5.06 Å². The number of likely N-dealkylation sites (tertiary alicyclic amines) is 1. The number of alkyl halides is 2. The molecule has 2 aliphatic heterocycles. The molecular formula is C15H24F2N2O5. The maximum absolute atomic E-state index is 14.4. The van der Waals surface area contributed by atoms with E-state index in [0.29, 0.717) is 6.42 Å². The molecule has 0 aromatic heterocycles. The Morgan fingerprint density at radius 3 is 2.54 bits per heavy atom. The van der Waals surface area contributed by atoms with Crippen LogP contribution >= 0.6 is 0 Å². The highest BCUT2D eigenvalue weighted by molar-refractivity contribution is 5.70. The van der Waals surface area contributed by atoms with Crippen molar-refractivity contribution in [2.24, 2.45) is 5.92 Å². The molecule has 9 heteroatoms. The predicted octanol–water partition coefficient (Wildman–Crippen LogP) is 1.97. The van der Waals surface area contributed by atoms with Gasteiger partial charge in [-0.25, -0.2) is 13.6 Å². The number of carbonyl (C=O) groups excluding carboxylic acids is 1. The van der Waals surface area contributed by atoms with Crippen molar-refractivity contribution in [2.75, 3.05) is 19.7 Å². The molecule has 2 saturated heterocycles. The molecule has 0 aromatic rings. The zero-order chi connectivity index (χ0) is 18.3. The van der Waals surface area contributed by atoms with Crippen LogP contribution in [0.1, 0.15) is 34.1 Å². The molecule has 2 aliphatic rings. The van der Waals surface area contributed by atoms with E-state index in [1.54, 1.807) is 27.7 Å². The molecule has 24 heavy (non-hydrogen) atoms. The Bertz CT molecular complexity index is 509. The second kappa shape index (κ2) is 6.44. The van der Waals surface area contributed by atoms with Crippen molar-refractivity contribution in [3.8, 4) is 0 Å². The fraction of sp³-hybridized carbons (Fsp3) is 0.867. The van der Waals surface area contributed by atoms with Gasteiger partial charge >= 0.3 is 12.1 Å². The summed E-state index contributed by atoms with van der Waals surface area (Å²) in [6.07, 6.45) is -0.515. The average molecular weight is 350 g/mol. The number of aliphatic carboxylic acids is 1.